The molecule has 0 spiro atoms. The maximum absolute atomic E-state index is 12.7. The van der Waals surface area contributed by atoms with E-state index in [4.69, 9.17) is 11.6 Å². The summed E-state index contributed by atoms with van der Waals surface area (Å²) in [4.78, 5) is 27.0. The SMILES string of the molecule is O=C1CC(Cl)=NC=C1C(=O)Nc1ccc(F)cc1. The highest BCUT2D eigenvalue weighted by atomic mass is 35.5. The molecule has 0 radical (unpaired) electrons. The summed E-state index contributed by atoms with van der Waals surface area (Å²) in [5.41, 5.74) is 0.333. The number of nitrogens with one attached hydrogen (secondary N) is 1. The van der Waals surface area contributed by atoms with Crippen LogP contribution in [0.3, 0.4) is 0 Å². The normalized spacial score (nSPS) is 14.9. The van der Waals surface area contributed by atoms with Gasteiger partial charge in [-0.1, -0.05) is 11.6 Å². The number of benzene rings is 1. The van der Waals surface area contributed by atoms with Gasteiger partial charge in [-0.2, -0.15) is 0 Å². The summed E-state index contributed by atoms with van der Waals surface area (Å²) in [6, 6.07) is 5.22. The lowest BCUT2D eigenvalue weighted by atomic mass is 10.1. The number of Topliss-reactive ketones (excluding diaryl/α,β-unsaturated/α-hetero) is 1. The van der Waals surface area contributed by atoms with E-state index in [-0.39, 0.29) is 17.2 Å². The van der Waals surface area contributed by atoms with Crippen LogP contribution in [0, 0.1) is 5.82 Å². The zero-order chi connectivity index (χ0) is 13.1. The average molecular weight is 267 g/mol. The van der Waals surface area contributed by atoms with Crippen LogP contribution in [-0.4, -0.2) is 16.9 Å². The number of halogens is 2. The molecule has 0 aromatic heterocycles. The molecule has 4 nitrogen and oxygen atoms in total. The molecule has 1 aliphatic heterocycles. The molecule has 1 N–H and O–H groups in total. The molecule has 0 saturated carbocycles. The molecular formula is C12H8ClFN2O2. The standard InChI is InChI=1S/C12H8ClFN2O2/c13-11-5-10(17)9(6-15-11)12(18)16-8-3-1-7(14)2-4-8/h1-4,6H,5H2,(H,16,18). The lowest BCUT2D eigenvalue weighted by Crippen LogP contribution is -2.23. The quantitative estimate of drug-likeness (QED) is 0.835. The van der Waals surface area contributed by atoms with E-state index in [9.17, 15) is 14.0 Å². The number of carbonyl (C=O) groups is 2. The second-order valence-electron chi connectivity index (χ2n) is 3.61. The molecular weight excluding hydrogens is 259 g/mol. The summed E-state index contributed by atoms with van der Waals surface area (Å²) in [5.74, 6) is -1.38. The fourth-order valence-electron chi connectivity index (χ4n) is 1.40. The molecule has 2 rings (SSSR count). The van der Waals surface area contributed by atoms with Gasteiger partial charge in [0.05, 0.1) is 6.42 Å². The Morgan fingerprint density at radius 1 is 1.33 bits per heavy atom. The minimum absolute atomic E-state index is 0.0660. The van der Waals surface area contributed by atoms with Crippen LogP contribution in [0.2, 0.25) is 0 Å². The molecule has 0 saturated heterocycles. The number of carbonyl (C=O) groups excluding carboxylic acids is 2. The largest absolute Gasteiger partial charge is 0.322 e. The molecule has 1 aromatic rings. The van der Waals surface area contributed by atoms with Crippen LogP contribution in [0.1, 0.15) is 6.42 Å². The van der Waals surface area contributed by atoms with Crippen molar-refractivity contribution in [2.24, 2.45) is 4.99 Å². The second-order valence-corrected chi connectivity index (χ2v) is 4.05. The van der Waals surface area contributed by atoms with Gasteiger partial charge in [-0.05, 0) is 24.3 Å². The van der Waals surface area contributed by atoms with Gasteiger partial charge in [-0.25, -0.2) is 9.38 Å². The molecule has 1 aromatic carbocycles. The highest BCUT2D eigenvalue weighted by Crippen LogP contribution is 2.14. The van der Waals surface area contributed by atoms with Gasteiger partial charge in [-0.15, -0.1) is 0 Å². The lowest BCUT2D eigenvalue weighted by Gasteiger charge is -2.09. The lowest BCUT2D eigenvalue weighted by molar-refractivity contribution is -0.119. The molecule has 1 aliphatic rings. The first-order chi connectivity index (χ1) is 8.56. The van der Waals surface area contributed by atoms with Gasteiger partial charge in [0.1, 0.15) is 16.6 Å². The number of anilines is 1. The van der Waals surface area contributed by atoms with Crippen molar-refractivity contribution in [1.82, 2.24) is 0 Å². The van der Waals surface area contributed by atoms with Crippen molar-refractivity contribution in [3.05, 3.63) is 41.9 Å². The summed E-state index contributed by atoms with van der Waals surface area (Å²) >= 11 is 5.57. The fourth-order valence-corrected chi connectivity index (χ4v) is 1.57. The van der Waals surface area contributed by atoms with Crippen LogP contribution in [0.25, 0.3) is 0 Å². The van der Waals surface area contributed by atoms with E-state index in [0.717, 1.165) is 6.20 Å². The van der Waals surface area contributed by atoms with Crippen molar-refractivity contribution < 1.29 is 14.0 Å². The highest BCUT2D eigenvalue weighted by Gasteiger charge is 2.22. The fraction of sp³-hybridized carbons (Fsp3) is 0.0833. The molecule has 0 atom stereocenters. The topological polar surface area (TPSA) is 58.5 Å². The molecule has 0 unspecified atom stereocenters. The van der Waals surface area contributed by atoms with Crippen LogP contribution in [-0.2, 0) is 9.59 Å². The Morgan fingerprint density at radius 3 is 2.61 bits per heavy atom. The Morgan fingerprint density at radius 2 is 2.00 bits per heavy atom. The third kappa shape index (κ3) is 2.81. The van der Waals surface area contributed by atoms with E-state index in [2.05, 4.69) is 10.3 Å². The van der Waals surface area contributed by atoms with Gasteiger partial charge in [0.15, 0.2) is 5.78 Å². The zero-order valence-electron chi connectivity index (χ0n) is 9.11. The maximum Gasteiger partial charge on any atom is 0.260 e. The first-order valence-electron chi connectivity index (χ1n) is 5.09. The molecule has 92 valence electrons. The third-order valence-electron chi connectivity index (χ3n) is 2.29. The Balaban J connectivity index is 2.13. The first kappa shape index (κ1) is 12.4. The van der Waals surface area contributed by atoms with Gasteiger partial charge < -0.3 is 5.32 Å². The van der Waals surface area contributed by atoms with Crippen molar-refractivity contribution in [2.75, 3.05) is 5.32 Å². The predicted molar refractivity (Wildman–Crippen MR) is 66.0 cm³/mol. The van der Waals surface area contributed by atoms with Crippen molar-refractivity contribution in [2.45, 2.75) is 6.42 Å². The maximum atomic E-state index is 12.7. The minimum atomic E-state index is -0.584. The van der Waals surface area contributed by atoms with E-state index < -0.39 is 17.5 Å². The van der Waals surface area contributed by atoms with E-state index in [1.54, 1.807) is 0 Å². The van der Waals surface area contributed by atoms with Crippen molar-refractivity contribution >= 4 is 34.1 Å². The molecule has 1 heterocycles. The van der Waals surface area contributed by atoms with Gasteiger partial charge >= 0.3 is 0 Å². The number of nitrogens with zero attached hydrogens (tertiary/aromatic N) is 1. The summed E-state index contributed by atoms with van der Waals surface area (Å²) < 4.78 is 12.7. The summed E-state index contributed by atoms with van der Waals surface area (Å²) in [7, 11) is 0. The van der Waals surface area contributed by atoms with Crippen LogP contribution in [0.4, 0.5) is 10.1 Å². The monoisotopic (exact) mass is 266 g/mol. The van der Waals surface area contributed by atoms with Crippen molar-refractivity contribution in [3.8, 4) is 0 Å². The zero-order valence-corrected chi connectivity index (χ0v) is 9.87. The Labute approximate surface area is 107 Å². The molecule has 1 amide bonds. The van der Waals surface area contributed by atoms with Crippen molar-refractivity contribution in [3.63, 3.8) is 0 Å². The number of ketones is 1. The molecule has 18 heavy (non-hydrogen) atoms. The number of hydrogen-bond donors (Lipinski definition) is 1. The van der Waals surface area contributed by atoms with Gasteiger partial charge in [0.25, 0.3) is 5.91 Å². The number of hydrogen-bond acceptors (Lipinski definition) is 3. The predicted octanol–water partition coefficient (Wildman–Crippen LogP) is 2.26. The van der Waals surface area contributed by atoms with Gasteiger partial charge in [0, 0.05) is 11.9 Å². The van der Waals surface area contributed by atoms with Crippen LogP contribution < -0.4 is 5.32 Å². The Kier molecular flexibility index (Phi) is 3.53. The Hall–Kier alpha value is -2.01. The van der Waals surface area contributed by atoms with Crippen LogP contribution >= 0.6 is 11.6 Å². The second kappa shape index (κ2) is 5.10. The van der Waals surface area contributed by atoms with Crippen LogP contribution in [0.5, 0.6) is 0 Å². The number of rotatable bonds is 2. The van der Waals surface area contributed by atoms with E-state index in [0.29, 0.717) is 5.69 Å². The third-order valence-corrected chi connectivity index (χ3v) is 2.52. The van der Waals surface area contributed by atoms with Crippen LogP contribution in [0.15, 0.2) is 41.0 Å². The first-order valence-corrected chi connectivity index (χ1v) is 5.46. The van der Waals surface area contributed by atoms with Gasteiger partial charge in [-0.3, -0.25) is 9.59 Å². The van der Waals surface area contributed by atoms with Gasteiger partial charge in [0.2, 0.25) is 0 Å². The minimum Gasteiger partial charge on any atom is -0.322 e. The molecule has 0 bridgehead atoms. The smallest absolute Gasteiger partial charge is 0.260 e. The van der Waals surface area contributed by atoms with E-state index in [1.807, 2.05) is 0 Å². The summed E-state index contributed by atoms with van der Waals surface area (Å²) in [6.07, 6.45) is 1.05. The molecule has 0 fully saturated rings. The number of amides is 1. The highest BCUT2D eigenvalue weighted by molar-refractivity contribution is 6.67. The molecule has 0 aliphatic carbocycles. The molecule has 6 heteroatoms. The van der Waals surface area contributed by atoms with Crippen molar-refractivity contribution in [1.29, 1.82) is 0 Å². The Bertz CT molecular complexity index is 564. The summed E-state index contributed by atoms with van der Waals surface area (Å²) in [5, 5.41) is 2.63. The average Bonchev–Trinajstić information content (AvgIpc) is 2.32. The van der Waals surface area contributed by atoms with E-state index >= 15 is 0 Å². The van der Waals surface area contributed by atoms with E-state index in [1.165, 1.54) is 24.3 Å². The number of aliphatic imine (C=N–C) groups is 1. The summed E-state index contributed by atoms with van der Waals surface area (Å²) in [6.45, 7) is 0.